The molecule has 0 aromatic heterocycles. The summed E-state index contributed by atoms with van der Waals surface area (Å²) in [7, 11) is 0. The van der Waals surface area contributed by atoms with Crippen molar-refractivity contribution in [2.24, 2.45) is 0 Å². The van der Waals surface area contributed by atoms with Gasteiger partial charge >= 0.3 is 0 Å². The highest BCUT2D eigenvalue weighted by atomic mass is 16.5. The summed E-state index contributed by atoms with van der Waals surface area (Å²) in [5, 5.41) is 15.9. The second kappa shape index (κ2) is 6.55. The molecule has 2 atom stereocenters. The van der Waals surface area contributed by atoms with Crippen LogP contribution in [0.1, 0.15) is 24.5 Å². The van der Waals surface area contributed by atoms with Gasteiger partial charge in [0.25, 0.3) is 0 Å². The van der Waals surface area contributed by atoms with E-state index >= 15 is 0 Å². The highest BCUT2D eigenvalue weighted by Crippen LogP contribution is 2.18. The Morgan fingerprint density at radius 3 is 3.11 bits per heavy atom. The molecule has 1 heterocycles. The number of nitriles is 1. The lowest BCUT2D eigenvalue weighted by Crippen LogP contribution is -2.43. The number of hydrogen-bond acceptors (Lipinski definition) is 4. The summed E-state index contributed by atoms with van der Waals surface area (Å²) in [5.41, 5.74) is 2.90. The van der Waals surface area contributed by atoms with Crippen LogP contribution in [0, 0.1) is 18.3 Å². The topological polar surface area (TPSA) is 57.1 Å². The average molecular weight is 259 g/mol. The summed E-state index contributed by atoms with van der Waals surface area (Å²) >= 11 is 0. The van der Waals surface area contributed by atoms with E-state index in [0.29, 0.717) is 17.6 Å². The van der Waals surface area contributed by atoms with E-state index in [1.807, 2.05) is 18.2 Å². The Morgan fingerprint density at radius 1 is 1.58 bits per heavy atom. The molecule has 0 bridgehead atoms. The zero-order valence-corrected chi connectivity index (χ0v) is 11.6. The molecule has 1 aliphatic heterocycles. The number of morpholine rings is 1. The third kappa shape index (κ3) is 3.95. The lowest BCUT2D eigenvalue weighted by Gasteiger charge is -2.27. The zero-order valence-electron chi connectivity index (χ0n) is 11.6. The number of anilines is 1. The molecular weight excluding hydrogens is 238 g/mol. The molecule has 4 heteroatoms. The maximum absolute atomic E-state index is 8.94. The smallest absolute Gasteiger partial charge is 0.0992 e. The van der Waals surface area contributed by atoms with Gasteiger partial charge < -0.3 is 15.4 Å². The van der Waals surface area contributed by atoms with Crippen LogP contribution >= 0.6 is 0 Å². The number of hydrogen-bond donors (Lipinski definition) is 2. The third-order valence-corrected chi connectivity index (χ3v) is 3.41. The normalized spacial score (nSPS) is 20.6. The maximum Gasteiger partial charge on any atom is 0.0992 e. The molecule has 2 unspecified atom stereocenters. The highest BCUT2D eigenvalue weighted by molar-refractivity contribution is 5.55. The summed E-state index contributed by atoms with van der Waals surface area (Å²) in [5.74, 6) is 0. The van der Waals surface area contributed by atoms with Crippen molar-refractivity contribution in [1.82, 2.24) is 5.32 Å². The van der Waals surface area contributed by atoms with Crippen LogP contribution in [0.2, 0.25) is 0 Å². The molecule has 0 radical (unpaired) electrons. The molecule has 4 nitrogen and oxygen atoms in total. The summed E-state index contributed by atoms with van der Waals surface area (Å²) in [4.78, 5) is 0. The minimum Gasteiger partial charge on any atom is -0.382 e. The van der Waals surface area contributed by atoms with Gasteiger partial charge in [-0.15, -0.1) is 0 Å². The SMILES string of the molecule is Cc1ccc(C#N)cc1NC(C)CC1COCCN1. The Balaban J connectivity index is 1.94. The van der Waals surface area contributed by atoms with Gasteiger partial charge in [0, 0.05) is 24.3 Å². The molecule has 1 saturated heterocycles. The van der Waals surface area contributed by atoms with Crippen molar-refractivity contribution in [3.05, 3.63) is 29.3 Å². The van der Waals surface area contributed by atoms with Gasteiger partial charge in [0.15, 0.2) is 0 Å². The first-order chi connectivity index (χ1) is 9.19. The molecule has 1 aliphatic rings. The van der Waals surface area contributed by atoms with Gasteiger partial charge in [-0.25, -0.2) is 0 Å². The van der Waals surface area contributed by atoms with Crippen LogP contribution in [-0.2, 0) is 4.74 Å². The van der Waals surface area contributed by atoms with E-state index in [1.165, 1.54) is 5.56 Å². The molecular formula is C15H21N3O. The van der Waals surface area contributed by atoms with Crippen molar-refractivity contribution >= 4 is 5.69 Å². The molecule has 1 aromatic carbocycles. The molecule has 0 aliphatic carbocycles. The summed E-state index contributed by atoms with van der Waals surface area (Å²) < 4.78 is 5.46. The summed E-state index contributed by atoms with van der Waals surface area (Å²) in [6.07, 6.45) is 1.01. The van der Waals surface area contributed by atoms with Gasteiger partial charge in [0.2, 0.25) is 0 Å². The first-order valence-corrected chi connectivity index (χ1v) is 6.77. The fourth-order valence-corrected chi connectivity index (χ4v) is 2.37. The fraction of sp³-hybridized carbons (Fsp3) is 0.533. The number of nitrogens with one attached hydrogen (secondary N) is 2. The first-order valence-electron chi connectivity index (χ1n) is 6.77. The number of benzene rings is 1. The summed E-state index contributed by atoms with van der Waals surface area (Å²) in [6, 6.07) is 8.67. The van der Waals surface area contributed by atoms with Crippen LogP contribution in [0.15, 0.2) is 18.2 Å². The second-order valence-electron chi connectivity index (χ2n) is 5.15. The van der Waals surface area contributed by atoms with Gasteiger partial charge in [-0.2, -0.15) is 5.26 Å². The van der Waals surface area contributed by atoms with E-state index in [1.54, 1.807) is 0 Å². The number of ether oxygens (including phenoxy) is 1. The molecule has 0 amide bonds. The minimum absolute atomic E-state index is 0.340. The molecule has 19 heavy (non-hydrogen) atoms. The van der Waals surface area contributed by atoms with E-state index in [4.69, 9.17) is 10.00 Å². The van der Waals surface area contributed by atoms with Gasteiger partial charge in [-0.3, -0.25) is 0 Å². The molecule has 1 fully saturated rings. The van der Waals surface area contributed by atoms with Crippen LogP contribution in [-0.4, -0.2) is 31.8 Å². The Kier molecular flexibility index (Phi) is 4.78. The summed E-state index contributed by atoms with van der Waals surface area (Å²) in [6.45, 7) is 6.73. The van der Waals surface area contributed by atoms with E-state index in [2.05, 4.69) is 30.6 Å². The fourth-order valence-electron chi connectivity index (χ4n) is 2.37. The molecule has 102 valence electrons. The van der Waals surface area contributed by atoms with Crippen molar-refractivity contribution in [2.45, 2.75) is 32.4 Å². The monoisotopic (exact) mass is 259 g/mol. The Labute approximate surface area is 114 Å². The molecule has 2 N–H and O–H groups in total. The quantitative estimate of drug-likeness (QED) is 0.869. The van der Waals surface area contributed by atoms with Crippen molar-refractivity contribution in [3.8, 4) is 6.07 Å². The standard InChI is InChI=1S/C15H21N3O/c1-11-3-4-13(9-16)8-15(11)18-12(2)7-14-10-19-6-5-17-14/h3-4,8,12,14,17-18H,5-7,10H2,1-2H3. The second-order valence-corrected chi connectivity index (χ2v) is 5.15. The molecule has 0 spiro atoms. The Hall–Kier alpha value is -1.57. The number of nitrogens with zero attached hydrogens (tertiary/aromatic N) is 1. The zero-order chi connectivity index (χ0) is 13.7. The van der Waals surface area contributed by atoms with E-state index < -0.39 is 0 Å². The Bertz CT molecular complexity index is 461. The van der Waals surface area contributed by atoms with Crippen LogP contribution < -0.4 is 10.6 Å². The van der Waals surface area contributed by atoms with Gasteiger partial charge in [0.1, 0.15) is 0 Å². The van der Waals surface area contributed by atoms with Gasteiger partial charge in [0.05, 0.1) is 24.8 Å². The van der Waals surface area contributed by atoms with Crippen LogP contribution in [0.4, 0.5) is 5.69 Å². The average Bonchev–Trinajstić information content (AvgIpc) is 2.42. The van der Waals surface area contributed by atoms with Crippen LogP contribution in [0.5, 0.6) is 0 Å². The van der Waals surface area contributed by atoms with Crippen molar-refractivity contribution in [2.75, 3.05) is 25.1 Å². The molecule has 1 aromatic rings. The Morgan fingerprint density at radius 2 is 2.42 bits per heavy atom. The first kappa shape index (κ1) is 13.9. The van der Waals surface area contributed by atoms with Crippen LogP contribution in [0.3, 0.4) is 0 Å². The van der Waals surface area contributed by atoms with Crippen molar-refractivity contribution in [3.63, 3.8) is 0 Å². The maximum atomic E-state index is 8.94. The lowest BCUT2D eigenvalue weighted by atomic mass is 10.1. The van der Waals surface area contributed by atoms with E-state index in [-0.39, 0.29) is 0 Å². The number of rotatable bonds is 4. The largest absolute Gasteiger partial charge is 0.382 e. The van der Waals surface area contributed by atoms with E-state index in [9.17, 15) is 0 Å². The van der Waals surface area contributed by atoms with Gasteiger partial charge in [-0.05, 0) is 38.0 Å². The van der Waals surface area contributed by atoms with E-state index in [0.717, 1.165) is 31.9 Å². The predicted octanol–water partition coefficient (Wildman–Crippen LogP) is 2.05. The molecule has 0 saturated carbocycles. The molecule has 2 rings (SSSR count). The number of aryl methyl sites for hydroxylation is 1. The van der Waals surface area contributed by atoms with Crippen LogP contribution in [0.25, 0.3) is 0 Å². The third-order valence-electron chi connectivity index (χ3n) is 3.41. The minimum atomic E-state index is 0.340. The van der Waals surface area contributed by atoms with Crippen molar-refractivity contribution in [1.29, 1.82) is 5.26 Å². The van der Waals surface area contributed by atoms with Crippen molar-refractivity contribution < 1.29 is 4.74 Å². The van der Waals surface area contributed by atoms with Gasteiger partial charge in [-0.1, -0.05) is 6.07 Å². The highest BCUT2D eigenvalue weighted by Gasteiger charge is 2.16. The lowest BCUT2D eigenvalue weighted by molar-refractivity contribution is 0.0731. The predicted molar refractivity (Wildman–Crippen MR) is 76.2 cm³/mol.